The largest absolute Gasteiger partial charge is 0.435 e. The number of ketones is 1. The second-order valence-electron chi connectivity index (χ2n) is 5.03. The van der Waals surface area contributed by atoms with Crippen LogP contribution in [0.4, 0.5) is 13.2 Å². The number of nitrogens with zero attached hydrogens (tertiary/aromatic N) is 2. The maximum absolute atomic E-state index is 12.8. The van der Waals surface area contributed by atoms with Crippen molar-refractivity contribution in [2.45, 2.75) is 39.8 Å². The first-order valence-corrected chi connectivity index (χ1v) is 5.75. The summed E-state index contributed by atoms with van der Waals surface area (Å²) in [7, 11) is 1.37. The summed E-state index contributed by atoms with van der Waals surface area (Å²) in [4.78, 5) is 12.2. The summed E-state index contributed by atoms with van der Waals surface area (Å²) in [5.74, 6) is -0.509. The van der Waals surface area contributed by atoms with E-state index in [1.165, 1.54) is 7.05 Å². The first kappa shape index (κ1) is 14.7. The quantitative estimate of drug-likeness (QED) is 0.779. The number of hydrogen-bond donors (Lipinski definition) is 0. The maximum atomic E-state index is 12.8. The van der Waals surface area contributed by atoms with E-state index in [0.717, 1.165) is 17.3 Å². The first-order chi connectivity index (χ1) is 8.09. The molecule has 0 aliphatic carbocycles. The standard InChI is InChI=1S/C12H17F3N2O/c1-5-6-11(2,3)10(18)8-7-17(4)16-9(8)12(13,14)15/h7H,5-6H2,1-4H3. The molecule has 0 aliphatic rings. The predicted octanol–water partition coefficient (Wildman–Crippen LogP) is 3.45. The Morgan fingerprint density at radius 3 is 2.39 bits per heavy atom. The lowest BCUT2D eigenvalue weighted by atomic mass is 9.80. The van der Waals surface area contributed by atoms with Gasteiger partial charge in [-0.3, -0.25) is 9.48 Å². The number of aromatic nitrogens is 2. The van der Waals surface area contributed by atoms with Crippen molar-refractivity contribution < 1.29 is 18.0 Å². The van der Waals surface area contributed by atoms with Crippen molar-refractivity contribution in [3.05, 3.63) is 17.5 Å². The van der Waals surface area contributed by atoms with Gasteiger partial charge in [0.05, 0.1) is 5.56 Å². The highest BCUT2D eigenvalue weighted by Crippen LogP contribution is 2.35. The smallest absolute Gasteiger partial charge is 0.293 e. The van der Waals surface area contributed by atoms with Crippen LogP contribution in [0, 0.1) is 5.41 Å². The molecule has 0 saturated heterocycles. The summed E-state index contributed by atoms with van der Waals surface area (Å²) < 4.78 is 39.3. The lowest BCUT2D eigenvalue weighted by Crippen LogP contribution is -2.26. The molecule has 0 fully saturated rings. The highest BCUT2D eigenvalue weighted by atomic mass is 19.4. The lowest BCUT2D eigenvalue weighted by Gasteiger charge is -2.22. The molecule has 0 saturated carbocycles. The van der Waals surface area contributed by atoms with E-state index in [1.54, 1.807) is 13.8 Å². The molecule has 1 rings (SSSR count). The Hall–Kier alpha value is -1.33. The van der Waals surface area contributed by atoms with Crippen molar-refractivity contribution >= 4 is 5.78 Å². The van der Waals surface area contributed by atoms with Gasteiger partial charge in [-0.15, -0.1) is 0 Å². The van der Waals surface area contributed by atoms with Crippen LogP contribution in [-0.4, -0.2) is 15.6 Å². The minimum Gasteiger partial charge on any atom is -0.293 e. The minimum atomic E-state index is -4.60. The van der Waals surface area contributed by atoms with Crippen molar-refractivity contribution in [3.63, 3.8) is 0 Å². The normalized spacial score (nSPS) is 12.8. The SMILES string of the molecule is CCCC(C)(C)C(=O)c1cn(C)nc1C(F)(F)F. The van der Waals surface area contributed by atoms with Gasteiger partial charge >= 0.3 is 6.18 Å². The van der Waals surface area contributed by atoms with Crippen LogP contribution in [0.5, 0.6) is 0 Å². The van der Waals surface area contributed by atoms with E-state index in [0.29, 0.717) is 6.42 Å². The van der Waals surface area contributed by atoms with Crippen LogP contribution >= 0.6 is 0 Å². The van der Waals surface area contributed by atoms with E-state index in [-0.39, 0.29) is 5.56 Å². The topological polar surface area (TPSA) is 34.9 Å². The second-order valence-corrected chi connectivity index (χ2v) is 5.03. The number of Topliss-reactive ketones (excluding diaryl/α,β-unsaturated/α-hetero) is 1. The number of alkyl halides is 3. The summed E-state index contributed by atoms with van der Waals surface area (Å²) in [6.07, 6.45) is -2.19. The molecule has 6 heteroatoms. The van der Waals surface area contributed by atoms with Gasteiger partial charge in [-0.1, -0.05) is 27.2 Å². The molecule has 0 unspecified atom stereocenters. The molecular formula is C12H17F3N2O. The highest BCUT2D eigenvalue weighted by Gasteiger charge is 2.41. The van der Waals surface area contributed by atoms with Crippen molar-refractivity contribution in [1.82, 2.24) is 9.78 Å². The molecule has 1 aromatic rings. The maximum Gasteiger partial charge on any atom is 0.435 e. The average Bonchev–Trinajstić information content (AvgIpc) is 2.58. The number of carbonyl (C=O) groups excluding carboxylic acids is 1. The summed E-state index contributed by atoms with van der Waals surface area (Å²) in [5, 5.41) is 3.35. The number of carbonyl (C=O) groups is 1. The minimum absolute atomic E-state index is 0.344. The van der Waals surface area contributed by atoms with E-state index in [1.807, 2.05) is 6.92 Å². The molecule has 1 heterocycles. The van der Waals surface area contributed by atoms with E-state index < -0.39 is 23.1 Å². The van der Waals surface area contributed by atoms with Crippen molar-refractivity contribution in [2.24, 2.45) is 12.5 Å². The molecule has 0 radical (unpaired) electrons. The third-order valence-corrected chi connectivity index (χ3v) is 2.83. The molecule has 18 heavy (non-hydrogen) atoms. The summed E-state index contributed by atoms with van der Waals surface area (Å²) in [6, 6.07) is 0. The Balaban J connectivity index is 3.22. The van der Waals surface area contributed by atoms with Gasteiger partial charge in [-0.05, 0) is 6.42 Å². The van der Waals surface area contributed by atoms with Crippen molar-refractivity contribution in [2.75, 3.05) is 0 Å². The molecule has 0 amide bonds. The third kappa shape index (κ3) is 2.91. The Morgan fingerprint density at radius 2 is 1.94 bits per heavy atom. The zero-order chi connectivity index (χ0) is 14.1. The molecule has 0 aliphatic heterocycles. The van der Waals surface area contributed by atoms with E-state index in [9.17, 15) is 18.0 Å². The molecule has 0 aromatic carbocycles. The molecule has 0 atom stereocenters. The van der Waals surface area contributed by atoms with Crippen LogP contribution in [-0.2, 0) is 13.2 Å². The number of hydrogen-bond acceptors (Lipinski definition) is 2. The molecule has 102 valence electrons. The molecule has 3 nitrogen and oxygen atoms in total. The van der Waals surface area contributed by atoms with E-state index in [4.69, 9.17) is 0 Å². The fourth-order valence-electron chi connectivity index (χ4n) is 1.97. The third-order valence-electron chi connectivity index (χ3n) is 2.83. The predicted molar refractivity (Wildman–Crippen MR) is 61.2 cm³/mol. The van der Waals surface area contributed by atoms with Crippen LogP contribution < -0.4 is 0 Å². The van der Waals surface area contributed by atoms with Crippen LogP contribution in [0.3, 0.4) is 0 Å². The Morgan fingerprint density at radius 1 is 1.39 bits per heavy atom. The zero-order valence-electron chi connectivity index (χ0n) is 10.9. The van der Waals surface area contributed by atoms with E-state index in [2.05, 4.69) is 5.10 Å². The van der Waals surface area contributed by atoms with Crippen LogP contribution in [0.2, 0.25) is 0 Å². The Bertz CT molecular complexity index is 447. The number of aryl methyl sites for hydroxylation is 1. The Labute approximate surface area is 104 Å². The van der Waals surface area contributed by atoms with Gasteiger partial charge in [0.15, 0.2) is 11.5 Å². The zero-order valence-corrected chi connectivity index (χ0v) is 10.9. The van der Waals surface area contributed by atoms with Gasteiger partial charge in [0.25, 0.3) is 0 Å². The van der Waals surface area contributed by atoms with Crippen molar-refractivity contribution in [3.8, 4) is 0 Å². The monoisotopic (exact) mass is 262 g/mol. The van der Waals surface area contributed by atoms with Crippen LogP contribution in [0.25, 0.3) is 0 Å². The summed E-state index contributed by atoms with van der Waals surface area (Å²) in [5.41, 5.74) is -2.25. The molecule has 1 aromatic heterocycles. The molecular weight excluding hydrogens is 245 g/mol. The van der Waals surface area contributed by atoms with Gasteiger partial charge in [-0.25, -0.2) is 0 Å². The summed E-state index contributed by atoms with van der Waals surface area (Å²) in [6.45, 7) is 5.21. The average molecular weight is 262 g/mol. The molecule has 0 N–H and O–H groups in total. The van der Waals surface area contributed by atoms with Gasteiger partial charge < -0.3 is 0 Å². The highest BCUT2D eigenvalue weighted by molar-refractivity contribution is 6.00. The van der Waals surface area contributed by atoms with E-state index >= 15 is 0 Å². The summed E-state index contributed by atoms with van der Waals surface area (Å²) >= 11 is 0. The van der Waals surface area contributed by atoms with Gasteiger partial charge in [0.1, 0.15) is 0 Å². The van der Waals surface area contributed by atoms with Crippen LogP contribution in [0.1, 0.15) is 49.7 Å². The van der Waals surface area contributed by atoms with Gasteiger partial charge in [-0.2, -0.15) is 18.3 Å². The van der Waals surface area contributed by atoms with Crippen molar-refractivity contribution in [1.29, 1.82) is 0 Å². The van der Waals surface area contributed by atoms with Crippen LogP contribution in [0.15, 0.2) is 6.20 Å². The fourth-order valence-corrected chi connectivity index (χ4v) is 1.97. The number of halogens is 3. The molecule has 0 bridgehead atoms. The van der Waals surface area contributed by atoms with Gasteiger partial charge in [0, 0.05) is 18.7 Å². The Kier molecular flexibility index (Phi) is 3.88. The lowest BCUT2D eigenvalue weighted by molar-refractivity contribution is -0.141. The fraction of sp³-hybridized carbons (Fsp3) is 0.667. The first-order valence-electron chi connectivity index (χ1n) is 5.75. The van der Waals surface area contributed by atoms with Gasteiger partial charge in [0.2, 0.25) is 0 Å². The number of rotatable bonds is 4. The second kappa shape index (κ2) is 4.74. The molecule has 0 spiro atoms.